The summed E-state index contributed by atoms with van der Waals surface area (Å²) in [4.78, 5) is 30.7. The first-order valence-electron chi connectivity index (χ1n) is 8.34. The molecule has 2 heterocycles. The van der Waals surface area contributed by atoms with Crippen molar-refractivity contribution in [2.45, 2.75) is 18.8 Å². The van der Waals surface area contributed by atoms with Gasteiger partial charge < -0.3 is 9.47 Å². The molecule has 31 heavy (non-hydrogen) atoms. The van der Waals surface area contributed by atoms with Gasteiger partial charge in [0, 0.05) is 12.1 Å². The minimum atomic E-state index is -4.99. The van der Waals surface area contributed by atoms with Crippen LogP contribution in [-0.4, -0.2) is 28.7 Å². The van der Waals surface area contributed by atoms with E-state index in [4.69, 9.17) is 27.6 Å². The topological polar surface area (TPSA) is 99.5 Å². The quantitative estimate of drug-likeness (QED) is 0.633. The fourth-order valence-electron chi connectivity index (χ4n) is 2.54. The Morgan fingerprint density at radius 2 is 2.00 bits per heavy atom. The molecule has 0 N–H and O–H groups in total. The predicted molar refractivity (Wildman–Crippen MR) is 100 cm³/mol. The third-order valence-corrected chi connectivity index (χ3v) is 4.14. The largest absolute Gasteiger partial charge is 0.451 e. The van der Waals surface area contributed by atoms with E-state index in [2.05, 4.69) is 20.1 Å². The highest BCUT2D eigenvalue weighted by molar-refractivity contribution is 6.31. The van der Waals surface area contributed by atoms with Gasteiger partial charge in [-0.25, -0.2) is 9.83 Å². The summed E-state index contributed by atoms with van der Waals surface area (Å²) >= 11 is 5.85. The molecule has 1 aromatic heterocycles. The fraction of sp³-hybridized carbons (Fsp3) is 0.222. The molecule has 13 heteroatoms. The van der Waals surface area contributed by atoms with Gasteiger partial charge in [0.05, 0.1) is 25.1 Å². The van der Waals surface area contributed by atoms with Gasteiger partial charge in [0.1, 0.15) is 5.75 Å². The van der Waals surface area contributed by atoms with Crippen molar-refractivity contribution in [2.75, 3.05) is 7.11 Å². The number of methoxy groups -OCH3 is 1. The van der Waals surface area contributed by atoms with E-state index in [9.17, 15) is 22.8 Å². The van der Waals surface area contributed by atoms with Crippen LogP contribution in [-0.2, 0) is 22.3 Å². The molecule has 9 nitrogen and oxygen atoms in total. The predicted octanol–water partition coefficient (Wildman–Crippen LogP) is 4.15. The van der Waals surface area contributed by atoms with Gasteiger partial charge >= 0.3 is 6.18 Å². The lowest BCUT2D eigenvalue weighted by Crippen LogP contribution is -2.28. The van der Waals surface area contributed by atoms with Crippen molar-refractivity contribution in [1.29, 1.82) is 0 Å². The first-order chi connectivity index (χ1) is 14.6. The molecule has 1 amide bonds. The number of hydrogen-bond acceptors (Lipinski definition) is 6. The molecule has 3 rings (SSSR count). The van der Waals surface area contributed by atoms with Gasteiger partial charge in [-0.15, -0.1) is 5.11 Å². The smallest absolute Gasteiger partial charge is 0.437 e. The van der Waals surface area contributed by atoms with E-state index in [1.807, 2.05) is 0 Å². The number of alkyl halides is 3. The standard InChI is InChI=1S/C18H11ClF3N5O4/c1-23-10-3-9(19)4-12(5-10)31-14-15(18(20,21)22)24-8-27(17(14)29)7-11-6-13(30-2)16(28)26-25-11/h3-6,8,13H,7H2,2H3. The van der Waals surface area contributed by atoms with Gasteiger partial charge in [-0.2, -0.15) is 18.3 Å². The Morgan fingerprint density at radius 1 is 1.26 bits per heavy atom. The molecule has 0 saturated carbocycles. The number of nitrogens with zero attached hydrogens (tertiary/aromatic N) is 5. The van der Waals surface area contributed by atoms with Crippen molar-refractivity contribution < 1.29 is 27.4 Å². The summed E-state index contributed by atoms with van der Waals surface area (Å²) in [5, 5.41) is 7.02. The summed E-state index contributed by atoms with van der Waals surface area (Å²) < 4.78 is 51.2. The van der Waals surface area contributed by atoms with E-state index in [1.54, 1.807) is 0 Å². The van der Waals surface area contributed by atoms with Gasteiger partial charge in [-0.1, -0.05) is 11.6 Å². The van der Waals surface area contributed by atoms with Crippen molar-refractivity contribution in [2.24, 2.45) is 10.2 Å². The van der Waals surface area contributed by atoms with Gasteiger partial charge in [-0.3, -0.25) is 14.2 Å². The van der Waals surface area contributed by atoms with Crippen LogP contribution in [0.5, 0.6) is 11.5 Å². The second-order valence-electron chi connectivity index (χ2n) is 6.06. The maximum absolute atomic E-state index is 13.4. The summed E-state index contributed by atoms with van der Waals surface area (Å²) in [5.74, 6) is -2.02. The highest BCUT2D eigenvalue weighted by atomic mass is 35.5. The summed E-state index contributed by atoms with van der Waals surface area (Å²) in [6, 6.07) is 3.56. The van der Waals surface area contributed by atoms with Gasteiger partial charge in [0.25, 0.3) is 11.5 Å². The highest BCUT2D eigenvalue weighted by Crippen LogP contribution is 2.36. The van der Waals surface area contributed by atoms with E-state index in [1.165, 1.54) is 19.3 Å². The van der Waals surface area contributed by atoms with Crippen LogP contribution < -0.4 is 10.3 Å². The van der Waals surface area contributed by atoms with Crippen LogP contribution in [0, 0.1) is 6.57 Å². The minimum Gasteiger partial charge on any atom is -0.451 e. The molecular weight excluding hydrogens is 443 g/mol. The van der Waals surface area contributed by atoms with Crippen molar-refractivity contribution in [3.05, 3.63) is 68.8 Å². The summed E-state index contributed by atoms with van der Waals surface area (Å²) in [6.45, 7) is 6.67. The number of rotatable bonds is 5. The first kappa shape index (κ1) is 22.1. The molecule has 0 aliphatic carbocycles. The second-order valence-corrected chi connectivity index (χ2v) is 6.50. The zero-order valence-corrected chi connectivity index (χ0v) is 16.3. The molecule has 0 spiro atoms. The Labute approximate surface area is 177 Å². The number of allylic oxidation sites excluding steroid dienone is 1. The summed E-state index contributed by atoms with van der Waals surface area (Å²) in [5.41, 5.74) is -2.63. The van der Waals surface area contributed by atoms with Crippen molar-refractivity contribution in [3.8, 4) is 11.5 Å². The summed E-state index contributed by atoms with van der Waals surface area (Å²) in [6.07, 6.45) is -4.07. The third-order valence-electron chi connectivity index (χ3n) is 3.92. The van der Waals surface area contributed by atoms with E-state index in [0.29, 0.717) is 6.33 Å². The van der Waals surface area contributed by atoms with Crippen LogP contribution in [0.4, 0.5) is 18.9 Å². The zero-order valence-electron chi connectivity index (χ0n) is 15.6. The van der Waals surface area contributed by atoms with Crippen LogP contribution in [0.2, 0.25) is 5.02 Å². The number of azo groups is 1. The fourth-order valence-corrected chi connectivity index (χ4v) is 2.76. The average molecular weight is 454 g/mol. The Morgan fingerprint density at radius 3 is 2.65 bits per heavy atom. The highest BCUT2D eigenvalue weighted by Gasteiger charge is 2.39. The summed E-state index contributed by atoms with van der Waals surface area (Å²) in [7, 11) is 1.26. The number of carbonyl (C=O) groups is 1. The normalized spacial score (nSPS) is 16.1. The number of carbonyl (C=O) groups excluding carboxylic acids is 1. The lowest BCUT2D eigenvalue weighted by Gasteiger charge is -2.16. The third kappa shape index (κ3) is 4.96. The minimum absolute atomic E-state index is 0.00308. The molecular formula is C18H11ClF3N5O4. The van der Waals surface area contributed by atoms with E-state index in [0.717, 1.165) is 16.7 Å². The number of benzene rings is 1. The Bertz CT molecular complexity index is 1200. The van der Waals surface area contributed by atoms with Crippen LogP contribution in [0.3, 0.4) is 0 Å². The molecule has 160 valence electrons. The maximum atomic E-state index is 13.4. The van der Waals surface area contributed by atoms with Crippen LogP contribution in [0.1, 0.15) is 5.69 Å². The molecule has 0 fully saturated rings. The number of ether oxygens (including phenoxy) is 2. The van der Waals surface area contributed by atoms with Crippen LogP contribution >= 0.6 is 11.6 Å². The van der Waals surface area contributed by atoms with Crippen molar-refractivity contribution in [3.63, 3.8) is 0 Å². The molecule has 1 aliphatic heterocycles. The first-order valence-corrected chi connectivity index (χ1v) is 8.71. The zero-order chi connectivity index (χ0) is 22.8. The van der Waals surface area contributed by atoms with Gasteiger partial charge in [0.15, 0.2) is 17.5 Å². The lowest BCUT2D eigenvalue weighted by molar-refractivity contribution is -0.142. The molecule has 1 aliphatic rings. The molecule has 0 saturated heterocycles. The van der Waals surface area contributed by atoms with Crippen molar-refractivity contribution >= 4 is 23.2 Å². The lowest BCUT2D eigenvalue weighted by atomic mass is 10.2. The number of aromatic nitrogens is 2. The molecule has 1 atom stereocenters. The number of amides is 1. The molecule has 2 aromatic rings. The van der Waals surface area contributed by atoms with E-state index >= 15 is 0 Å². The maximum Gasteiger partial charge on any atom is 0.437 e. The Balaban J connectivity index is 2.05. The van der Waals surface area contributed by atoms with Crippen molar-refractivity contribution in [1.82, 2.24) is 9.55 Å². The van der Waals surface area contributed by atoms with Gasteiger partial charge in [0.2, 0.25) is 5.75 Å². The van der Waals surface area contributed by atoms with Crippen LogP contribution in [0.15, 0.2) is 51.3 Å². The average Bonchev–Trinajstić information content (AvgIpc) is 2.70. The van der Waals surface area contributed by atoms with E-state index in [-0.39, 0.29) is 28.7 Å². The van der Waals surface area contributed by atoms with Crippen LogP contribution in [0.25, 0.3) is 4.85 Å². The molecule has 0 bridgehead atoms. The SMILES string of the molecule is [C-]#[N+]c1cc(Cl)cc(Oc2c(C(F)(F)F)ncn(CC3=CC(OC)C(=O)N=N3)c2=O)c1. The molecule has 1 aromatic carbocycles. The molecule has 1 unspecified atom stereocenters. The Hall–Kier alpha value is -3.56. The van der Waals surface area contributed by atoms with E-state index < -0.39 is 35.2 Å². The monoisotopic (exact) mass is 453 g/mol. The van der Waals surface area contributed by atoms with Gasteiger partial charge in [-0.05, 0) is 24.3 Å². The number of halogens is 4. The molecule has 0 radical (unpaired) electrons. The second kappa shape index (κ2) is 8.66. The Kier molecular flexibility index (Phi) is 6.19. The number of hydrogen-bond donors (Lipinski definition) is 0.